The second-order valence-electron chi connectivity index (χ2n) is 5.32. The van der Waals surface area contributed by atoms with Crippen LogP contribution in [0.25, 0.3) is 11.4 Å². The van der Waals surface area contributed by atoms with Gasteiger partial charge in [0.2, 0.25) is 0 Å². The van der Waals surface area contributed by atoms with Gasteiger partial charge >= 0.3 is 0 Å². The van der Waals surface area contributed by atoms with E-state index in [1.807, 2.05) is 0 Å². The van der Waals surface area contributed by atoms with Crippen molar-refractivity contribution in [3.63, 3.8) is 0 Å². The molecule has 1 aromatic heterocycles. The summed E-state index contributed by atoms with van der Waals surface area (Å²) in [4.78, 5) is 20.3. The second-order valence-corrected chi connectivity index (χ2v) is 5.32. The summed E-state index contributed by atoms with van der Waals surface area (Å²) in [6.45, 7) is 0.141. The number of carbonyl (C=O) groups is 1. The smallest absolute Gasteiger partial charge is 0.256 e. The van der Waals surface area contributed by atoms with Crippen LogP contribution >= 0.6 is 0 Å². The molecule has 0 spiro atoms. The molecule has 5 nitrogen and oxygen atoms in total. The summed E-state index contributed by atoms with van der Waals surface area (Å²) in [6, 6.07) is 11.7. The van der Waals surface area contributed by atoms with Crippen LogP contribution in [0.3, 0.4) is 0 Å². The van der Waals surface area contributed by atoms with Gasteiger partial charge in [-0.15, -0.1) is 0 Å². The van der Waals surface area contributed by atoms with E-state index in [2.05, 4.69) is 15.3 Å². The van der Waals surface area contributed by atoms with E-state index in [4.69, 9.17) is 5.73 Å². The second kappa shape index (κ2) is 7.04. The summed E-state index contributed by atoms with van der Waals surface area (Å²) in [7, 11) is 0. The van der Waals surface area contributed by atoms with Crippen LogP contribution in [0.5, 0.6) is 0 Å². The molecule has 2 aromatic carbocycles. The molecular formula is C18H14F2N4O. The molecule has 7 heteroatoms. The molecular weight excluding hydrogens is 326 g/mol. The Kier molecular flexibility index (Phi) is 4.65. The number of nitrogens with two attached hydrogens (primary N) is 1. The fourth-order valence-electron chi connectivity index (χ4n) is 2.26. The highest BCUT2D eigenvalue weighted by molar-refractivity contribution is 5.98. The van der Waals surface area contributed by atoms with Crippen LogP contribution in [0.1, 0.15) is 15.9 Å². The van der Waals surface area contributed by atoms with Crippen LogP contribution in [0.15, 0.2) is 54.7 Å². The van der Waals surface area contributed by atoms with Crippen LogP contribution in [0, 0.1) is 11.6 Å². The first-order valence-corrected chi connectivity index (χ1v) is 7.44. The van der Waals surface area contributed by atoms with E-state index in [1.54, 1.807) is 18.2 Å². The Morgan fingerprint density at radius 2 is 1.80 bits per heavy atom. The number of anilines is 1. The van der Waals surface area contributed by atoms with Gasteiger partial charge in [-0.25, -0.2) is 18.7 Å². The molecule has 0 aliphatic carbocycles. The lowest BCUT2D eigenvalue weighted by atomic mass is 10.2. The molecule has 126 valence electrons. The third-order valence-corrected chi connectivity index (χ3v) is 3.49. The molecule has 1 amide bonds. The molecule has 0 unspecified atom stereocenters. The predicted octanol–water partition coefficient (Wildman–Crippen LogP) is 2.93. The Labute approximate surface area is 142 Å². The number of carbonyl (C=O) groups excluding carboxylic acids is 1. The summed E-state index contributed by atoms with van der Waals surface area (Å²) in [5.41, 5.74) is 6.99. The number of hydrogen-bond donors (Lipinski definition) is 2. The van der Waals surface area contributed by atoms with Crippen LogP contribution in [-0.2, 0) is 6.54 Å². The van der Waals surface area contributed by atoms with E-state index in [0.717, 1.165) is 0 Å². The van der Waals surface area contributed by atoms with Gasteiger partial charge in [0, 0.05) is 18.3 Å². The summed E-state index contributed by atoms with van der Waals surface area (Å²) < 4.78 is 26.4. The fraction of sp³-hybridized carbons (Fsp3) is 0.0556. The zero-order valence-electron chi connectivity index (χ0n) is 13.0. The summed E-state index contributed by atoms with van der Waals surface area (Å²) in [5.74, 6) is -1.08. The lowest BCUT2D eigenvalue weighted by Gasteiger charge is -2.08. The minimum absolute atomic E-state index is 0.0222. The molecule has 0 fully saturated rings. The van der Waals surface area contributed by atoms with Crippen molar-refractivity contribution < 1.29 is 13.6 Å². The van der Waals surface area contributed by atoms with E-state index in [-0.39, 0.29) is 29.6 Å². The Morgan fingerprint density at radius 1 is 1.08 bits per heavy atom. The predicted molar refractivity (Wildman–Crippen MR) is 89.4 cm³/mol. The van der Waals surface area contributed by atoms with Crippen LogP contribution in [0.4, 0.5) is 14.6 Å². The minimum atomic E-state index is -0.479. The van der Waals surface area contributed by atoms with Gasteiger partial charge < -0.3 is 11.1 Å². The highest BCUT2D eigenvalue weighted by atomic mass is 19.1. The highest BCUT2D eigenvalue weighted by Gasteiger charge is 2.13. The van der Waals surface area contributed by atoms with Crippen molar-refractivity contribution in [2.45, 2.75) is 6.54 Å². The zero-order valence-corrected chi connectivity index (χ0v) is 13.0. The number of hydrogen-bond acceptors (Lipinski definition) is 4. The van der Waals surface area contributed by atoms with Gasteiger partial charge in [0.15, 0.2) is 5.82 Å². The number of amides is 1. The third kappa shape index (κ3) is 3.95. The molecule has 0 saturated carbocycles. The molecule has 3 aromatic rings. The first-order chi connectivity index (χ1) is 12.0. The van der Waals surface area contributed by atoms with E-state index in [0.29, 0.717) is 11.1 Å². The van der Waals surface area contributed by atoms with Crippen molar-refractivity contribution in [3.8, 4) is 11.4 Å². The number of rotatable bonds is 4. The lowest BCUT2D eigenvalue weighted by molar-refractivity contribution is 0.0951. The SMILES string of the molecule is Nc1nc(-c2cccc(F)c2)ncc1C(=O)NCc1cccc(F)c1. The van der Waals surface area contributed by atoms with Gasteiger partial charge in [-0.2, -0.15) is 0 Å². The van der Waals surface area contributed by atoms with Crippen molar-refractivity contribution >= 4 is 11.7 Å². The van der Waals surface area contributed by atoms with Gasteiger partial charge in [-0.05, 0) is 29.8 Å². The van der Waals surface area contributed by atoms with Crippen molar-refractivity contribution in [3.05, 3.63) is 77.5 Å². The Hall–Kier alpha value is -3.35. The number of benzene rings is 2. The number of nitrogen functional groups attached to an aromatic ring is 1. The molecule has 3 N–H and O–H groups in total. The maximum Gasteiger partial charge on any atom is 0.256 e. The van der Waals surface area contributed by atoms with Crippen LogP contribution in [0.2, 0.25) is 0 Å². The maximum atomic E-state index is 13.3. The van der Waals surface area contributed by atoms with Gasteiger partial charge in [0.05, 0.1) is 5.56 Å². The normalized spacial score (nSPS) is 10.5. The average Bonchev–Trinajstić information content (AvgIpc) is 2.59. The van der Waals surface area contributed by atoms with Crippen molar-refractivity contribution in [2.75, 3.05) is 5.73 Å². The van der Waals surface area contributed by atoms with Crippen molar-refractivity contribution in [1.29, 1.82) is 0 Å². The molecule has 0 bridgehead atoms. The van der Waals surface area contributed by atoms with E-state index >= 15 is 0 Å². The Bertz CT molecular complexity index is 930. The first-order valence-electron chi connectivity index (χ1n) is 7.44. The zero-order chi connectivity index (χ0) is 17.8. The standard InChI is InChI=1S/C18H14F2N4O/c19-13-5-1-3-11(7-13)9-23-18(25)15-10-22-17(24-16(15)21)12-4-2-6-14(20)8-12/h1-8,10H,9H2,(H,23,25)(H2,21,22,24). The van der Waals surface area contributed by atoms with Gasteiger partial charge in [-0.3, -0.25) is 4.79 Å². The average molecular weight is 340 g/mol. The molecule has 3 rings (SSSR count). The van der Waals surface area contributed by atoms with Crippen LogP contribution in [-0.4, -0.2) is 15.9 Å². The van der Waals surface area contributed by atoms with E-state index in [9.17, 15) is 13.6 Å². The van der Waals surface area contributed by atoms with Gasteiger partial charge in [0.1, 0.15) is 17.5 Å². The number of nitrogens with zero attached hydrogens (tertiary/aromatic N) is 2. The molecule has 1 heterocycles. The molecule has 0 aliphatic heterocycles. The minimum Gasteiger partial charge on any atom is -0.383 e. The topological polar surface area (TPSA) is 80.9 Å². The van der Waals surface area contributed by atoms with Crippen molar-refractivity contribution in [1.82, 2.24) is 15.3 Å². The molecule has 0 saturated heterocycles. The summed E-state index contributed by atoms with van der Waals surface area (Å²) in [5, 5.41) is 2.63. The number of halogens is 2. The number of nitrogens with one attached hydrogen (secondary N) is 1. The Balaban J connectivity index is 1.75. The van der Waals surface area contributed by atoms with Crippen LogP contribution < -0.4 is 11.1 Å². The first kappa shape index (κ1) is 16.5. The quantitative estimate of drug-likeness (QED) is 0.765. The maximum absolute atomic E-state index is 13.3. The van der Waals surface area contributed by atoms with Gasteiger partial charge in [-0.1, -0.05) is 24.3 Å². The Morgan fingerprint density at radius 3 is 2.48 bits per heavy atom. The molecule has 0 radical (unpaired) electrons. The summed E-state index contributed by atoms with van der Waals surface area (Å²) >= 11 is 0. The lowest BCUT2D eigenvalue weighted by Crippen LogP contribution is -2.24. The van der Waals surface area contributed by atoms with E-state index in [1.165, 1.54) is 36.5 Å². The van der Waals surface area contributed by atoms with E-state index < -0.39 is 11.7 Å². The highest BCUT2D eigenvalue weighted by Crippen LogP contribution is 2.18. The monoisotopic (exact) mass is 340 g/mol. The van der Waals surface area contributed by atoms with Crippen molar-refractivity contribution in [2.24, 2.45) is 0 Å². The molecule has 0 atom stereocenters. The van der Waals surface area contributed by atoms with Gasteiger partial charge in [0.25, 0.3) is 5.91 Å². The third-order valence-electron chi connectivity index (χ3n) is 3.49. The molecule has 25 heavy (non-hydrogen) atoms. The molecule has 0 aliphatic rings. The fourth-order valence-corrected chi connectivity index (χ4v) is 2.26. The largest absolute Gasteiger partial charge is 0.383 e. The number of aromatic nitrogens is 2. The summed E-state index contributed by atoms with van der Waals surface area (Å²) in [6.07, 6.45) is 1.28.